The largest absolute Gasteiger partial charge is 0.348 e. The van der Waals surface area contributed by atoms with Gasteiger partial charge in [0, 0.05) is 24.5 Å². The summed E-state index contributed by atoms with van der Waals surface area (Å²) in [5, 5.41) is 0. The van der Waals surface area contributed by atoms with Crippen LogP contribution in [0, 0.1) is 0 Å². The highest BCUT2D eigenvalue weighted by atomic mass is 15.0. The van der Waals surface area contributed by atoms with Crippen molar-refractivity contribution < 1.29 is 0 Å². The van der Waals surface area contributed by atoms with E-state index in [1.165, 1.54) is 5.69 Å². The Morgan fingerprint density at radius 1 is 1.60 bits per heavy atom. The molecule has 0 unspecified atom stereocenters. The topological polar surface area (TPSA) is 30.9 Å². The summed E-state index contributed by atoms with van der Waals surface area (Å²) in [5.41, 5.74) is 6.72. The van der Waals surface area contributed by atoms with E-state index in [1.54, 1.807) is 0 Å². The van der Waals surface area contributed by atoms with Crippen molar-refractivity contribution >= 4 is 0 Å². The fourth-order valence-electron chi connectivity index (χ4n) is 1.11. The molecule has 0 aliphatic rings. The van der Waals surface area contributed by atoms with Gasteiger partial charge in [-0.1, -0.05) is 0 Å². The normalized spacial score (nSPS) is 10.8. The van der Waals surface area contributed by atoms with E-state index in [4.69, 9.17) is 5.73 Å². The van der Waals surface area contributed by atoms with Gasteiger partial charge in [-0.15, -0.1) is 0 Å². The first kappa shape index (κ1) is 7.35. The van der Waals surface area contributed by atoms with Gasteiger partial charge in [0.1, 0.15) is 0 Å². The lowest BCUT2D eigenvalue weighted by Gasteiger charge is -2.10. The van der Waals surface area contributed by atoms with Crippen LogP contribution >= 0.6 is 0 Å². The number of rotatable bonds is 2. The van der Waals surface area contributed by atoms with Crippen LogP contribution in [0.15, 0.2) is 18.3 Å². The van der Waals surface area contributed by atoms with Crippen LogP contribution < -0.4 is 5.73 Å². The molecule has 0 spiro atoms. The second kappa shape index (κ2) is 2.88. The molecule has 56 valence electrons. The lowest BCUT2D eigenvalue weighted by molar-refractivity contribution is 0.577. The predicted octanol–water partition coefficient (Wildman–Crippen LogP) is 1.53. The van der Waals surface area contributed by atoms with Gasteiger partial charge in [0.25, 0.3) is 0 Å². The van der Waals surface area contributed by atoms with Gasteiger partial charge in [-0.25, -0.2) is 0 Å². The molecule has 1 heterocycles. The van der Waals surface area contributed by atoms with E-state index in [9.17, 15) is 0 Å². The summed E-state index contributed by atoms with van der Waals surface area (Å²) >= 11 is 0. The first-order valence-corrected chi connectivity index (χ1v) is 3.61. The van der Waals surface area contributed by atoms with Crippen molar-refractivity contribution in [1.82, 2.24) is 4.57 Å². The van der Waals surface area contributed by atoms with E-state index in [0.29, 0.717) is 12.6 Å². The molecule has 0 bridgehead atoms. The molecule has 0 aromatic carbocycles. The first-order valence-electron chi connectivity index (χ1n) is 3.61. The van der Waals surface area contributed by atoms with Crippen molar-refractivity contribution in [1.29, 1.82) is 0 Å². The third-order valence-corrected chi connectivity index (χ3v) is 1.63. The number of hydrogen-bond acceptors (Lipinski definition) is 1. The monoisotopic (exact) mass is 138 g/mol. The molecule has 2 heteroatoms. The molecule has 0 aliphatic carbocycles. The fourth-order valence-corrected chi connectivity index (χ4v) is 1.11. The summed E-state index contributed by atoms with van der Waals surface area (Å²) in [6.45, 7) is 4.93. The van der Waals surface area contributed by atoms with Crippen molar-refractivity contribution in [3.8, 4) is 0 Å². The lowest BCUT2D eigenvalue weighted by Crippen LogP contribution is -2.07. The Labute approximate surface area is 61.7 Å². The molecule has 1 rings (SSSR count). The Morgan fingerprint density at radius 2 is 2.30 bits per heavy atom. The third-order valence-electron chi connectivity index (χ3n) is 1.63. The highest BCUT2D eigenvalue weighted by Gasteiger charge is 2.00. The quantitative estimate of drug-likeness (QED) is 0.660. The van der Waals surface area contributed by atoms with Crippen LogP contribution in [0.3, 0.4) is 0 Å². The molecule has 0 aliphatic heterocycles. The summed E-state index contributed by atoms with van der Waals surface area (Å²) in [5.74, 6) is 0. The van der Waals surface area contributed by atoms with E-state index in [0.717, 1.165) is 0 Å². The van der Waals surface area contributed by atoms with Crippen molar-refractivity contribution in [2.45, 2.75) is 26.4 Å². The maximum absolute atomic E-state index is 5.51. The van der Waals surface area contributed by atoms with Crippen LogP contribution in [0.25, 0.3) is 0 Å². The van der Waals surface area contributed by atoms with Crippen molar-refractivity contribution in [2.75, 3.05) is 0 Å². The minimum atomic E-state index is 0.522. The minimum Gasteiger partial charge on any atom is -0.348 e. The molecule has 0 atom stereocenters. The summed E-state index contributed by atoms with van der Waals surface area (Å²) in [4.78, 5) is 0. The van der Waals surface area contributed by atoms with E-state index in [2.05, 4.69) is 30.7 Å². The van der Waals surface area contributed by atoms with Gasteiger partial charge in [0.15, 0.2) is 0 Å². The zero-order valence-corrected chi connectivity index (χ0v) is 6.54. The van der Waals surface area contributed by atoms with E-state index < -0.39 is 0 Å². The van der Waals surface area contributed by atoms with Crippen LogP contribution in [0.2, 0.25) is 0 Å². The summed E-state index contributed by atoms with van der Waals surface area (Å²) in [6, 6.07) is 4.61. The Bertz CT molecular complexity index is 201. The average molecular weight is 138 g/mol. The Balaban J connectivity index is 2.90. The summed E-state index contributed by atoms with van der Waals surface area (Å²) in [6.07, 6.45) is 2.06. The van der Waals surface area contributed by atoms with Crippen LogP contribution in [0.4, 0.5) is 0 Å². The molecule has 0 saturated heterocycles. The zero-order valence-electron chi connectivity index (χ0n) is 6.54. The molecule has 1 aromatic heterocycles. The SMILES string of the molecule is CC(C)n1cccc1CN. The molecular formula is C8H14N2. The van der Waals surface area contributed by atoms with Gasteiger partial charge in [-0.05, 0) is 26.0 Å². The third kappa shape index (κ3) is 1.21. The van der Waals surface area contributed by atoms with Gasteiger partial charge in [-0.2, -0.15) is 0 Å². The van der Waals surface area contributed by atoms with Gasteiger partial charge < -0.3 is 10.3 Å². The molecular weight excluding hydrogens is 124 g/mol. The molecule has 0 radical (unpaired) electrons. The van der Waals surface area contributed by atoms with Crippen LogP contribution in [-0.4, -0.2) is 4.57 Å². The molecule has 2 nitrogen and oxygen atoms in total. The van der Waals surface area contributed by atoms with E-state index >= 15 is 0 Å². The summed E-state index contributed by atoms with van der Waals surface area (Å²) < 4.78 is 2.18. The maximum Gasteiger partial charge on any atom is 0.0334 e. The highest BCUT2D eigenvalue weighted by Crippen LogP contribution is 2.09. The van der Waals surface area contributed by atoms with Crippen molar-refractivity contribution in [3.63, 3.8) is 0 Å². The minimum absolute atomic E-state index is 0.522. The number of nitrogens with two attached hydrogens (primary N) is 1. The molecule has 1 aromatic rings. The van der Waals surface area contributed by atoms with E-state index in [1.807, 2.05) is 6.07 Å². The highest BCUT2D eigenvalue weighted by molar-refractivity contribution is 5.07. The van der Waals surface area contributed by atoms with Crippen molar-refractivity contribution in [2.24, 2.45) is 5.73 Å². The predicted molar refractivity (Wildman–Crippen MR) is 42.7 cm³/mol. The van der Waals surface area contributed by atoms with E-state index in [-0.39, 0.29) is 0 Å². The Morgan fingerprint density at radius 3 is 2.70 bits per heavy atom. The second-order valence-electron chi connectivity index (χ2n) is 2.70. The molecule has 2 N–H and O–H groups in total. The standard InChI is InChI=1S/C8H14N2/c1-7(2)10-5-3-4-8(10)6-9/h3-5,7H,6,9H2,1-2H3. The second-order valence-corrected chi connectivity index (χ2v) is 2.70. The maximum atomic E-state index is 5.51. The molecule has 0 fully saturated rings. The van der Waals surface area contributed by atoms with Gasteiger partial charge in [-0.3, -0.25) is 0 Å². The van der Waals surface area contributed by atoms with Crippen LogP contribution in [-0.2, 0) is 6.54 Å². The lowest BCUT2D eigenvalue weighted by atomic mass is 10.3. The van der Waals surface area contributed by atoms with Gasteiger partial charge >= 0.3 is 0 Å². The fraction of sp³-hybridized carbons (Fsp3) is 0.500. The van der Waals surface area contributed by atoms with Crippen molar-refractivity contribution in [3.05, 3.63) is 24.0 Å². The molecule has 0 amide bonds. The number of aromatic nitrogens is 1. The smallest absolute Gasteiger partial charge is 0.0334 e. The van der Waals surface area contributed by atoms with Crippen LogP contribution in [0.5, 0.6) is 0 Å². The van der Waals surface area contributed by atoms with Gasteiger partial charge in [0.2, 0.25) is 0 Å². The zero-order chi connectivity index (χ0) is 7.56. The summed E-state index contributed by atoms with van der Waals surface area (Å²) in [7, 11) is 0. The Hall–Kier alpha value is -0.760. The number of nitrogens with zero attached hydrogens (tertiary/aromatic N) is 1. The number of hydrogen-bond donors (Lipinski definition) is 1. The Kier molecular flexibility index (Phi) is 2.12. The average Bonchev–Trinajstić information content (AvgIpc) is 2.33. The molecule has 0 saturated carbocycles. The van der Waals surface area contributed by atoms with Gasteiger partial charge in [0.05, 0.1) is 0 Å². The molecule has 10 heavy (non-hydrogen) atoms. The van der Waals surface area contributed by atoms with Crippen LogP contribution in [0.1, 0.15) is 25.6 Å². The first-order chi connectivity index (χ1) is 4.75.